The number of carbonyl (C=O) groups is 1. The van der Waals surface area contributed by atoms with Gasteiger partial charge in [-0.25, -0.2) is 4.79 Å². The number of aliphatic hydroxyl groups excluding tert-OH is 2. The maximum absolute atomic E-state index is 10.5. The molecule has 0 spiro atoms. The SMILES string of the molecule is O=C(CO)OC1CCOC1O. The van der Waals surface area contributed by atoms with Gasteiger partial charge in [0, 0.05) is 6.42 Å². The third-order valence-corrected chi connectivity index (χ3v) is 1.42. The molecule has 0 bridgehead atoms. The lowest BCUT2D eigenvalue weighted by Crippen LogP contribution is -2.27. The van der Waals surface area contributed by atoms with Crippen LogP contribution in [0.25, 0.3) is 0 Å². The first-order chi connectivity index (χ1) is 5.24. The van der Waals surface area contributed by atoms with Crippen LogP contribution in [0.5, 0.6) is 0 Å². The normalized spacial score (nSPS) is 30.4. The number of esters is 1. The zero-order chi connectivity index (χ0) is 8.27. The van der Waals surface area contributed by atoms with E-state index in [0.717, 1.165) is 0 Å². The van der Waals surface area contributed by atoms with Crippen molar-refractivity contribution in [1.29, 1.82) is 0 Å². The average Bonchev–Trinajstić information content (AvgIpc) is 2.37. The molecule has 2 N–H and O–H groups in total. The lowest BCUT2D eigenvalue weighted by atomic mass is 10.3. The largest absolute Gasteiger partial charge is 0.455 e. The Morgan fingerprint density at radius 3 is 2.91 bits per heavy atom. The summed E-state index contributed by atoms with van der Waals surface area (Å²) in [7, 11) is 0. The van der Waals surface area contributed by atoms with Crippen LogP contribution in [0.2, 0.25) is 0 Å². The number of ether oxygens (including phenoxy) is 2. The molecule has 0 amide bonds. The topological polar surface area (TPSA) is 76.0 Å². The molecule has 1 heterocycles. The summed E-state index contributed by atoms with van der Waals surface area (Å²) in [5.74, 6) is -0.737. The molecule has 64 valence electrons. The van der Waals surface area contributed by atoms with Crippen LogP contribution < -0.4 is 0 Å². The highest BCUT2D eigenvalue weighted by atomic mass is 16.7. The number of hydrogen-bond donors (Lipinski definition) is 2. The van der Waals surface area contributed by atoms with Gasteiger partial charge in [0.25, 0.3) is 0 Å². The Kier molecular flexibility index (Phi) is 2.81. The molecule has 0 radical (unpaired) electrons. The van der Waals surface area contributed by atoms with Gasteiger partial charge in [0.05, 0.1) is 6.61 Å². The predicted octanol–water partition coefficient (Wildman–Crippen LogP) is -1.37. The monoisotopic (exact) mass is 162 g/mol. The Bertz CT molecular complexity index is 146. The van der Waals surface area contributed by atoms with Crippen molar-refractivity contribution < 1.29 is 24.5 Å². The highest BCUT2D eigenvalue weighted by Gasteiger charge is 2.29. The molecule has 1 saturated heterocycles. The van der Waals surface area contributed by atoms with Gasteiger partial charge < -0.3 is 19.7 Å². The van der Waals surface area contributed by atoms with Gasteiger partial charge in [-0.2, -0.15) is 0 Å². The van der Waals surface area contributed by atoms with E-state index in [4.69, 9.17) is 14.9 Å². The van der Waals surface area contributed by atoms with Gasteiger partial charge in [0.2, 0.25) is 0 Å². The Morgan fingerprint density at radius 1 is 1.73 bits per heavy atom. The van der Waals surface area contributed by atoms with Gasteiger partial charge in [-0.3, -0.25) is 0 Å². The zero-order valence-electron chi connectivity index (χ0n) is 5.90. The molecular weight excluding hydrogens is 152 g/mol. The van der Waals surface area contributed by atoms with E-state index in [1.807, 2.05) is 0 Å². The molecule has 5 nitrogen and oxygen atoms in total. The highest BCUT2D eigenvalue weighted by Crippen LogP contribution is 2.14. The van der Waals surface area contributed by atoms with Crippen molar-refractivity contribution in [2.75, 3.05) is 13.2 Å². The van der Waals surface area contributed by atoms with Crippen LogP contribution in [-0.4, -0.2) is 41.8 Å². The van der Waals surface area contributed by atoms with Gasteiger partial charge in [-0.1, -0.05) is 0 Å². The van der Waals surface area contributed by atoms with Gasteiger partial charge in [0.15, 0.2) is 12.4 Å². The van der Waals surface area contributed by atoms with E-state index in [1.165, 1.54) is 0 Å². The molecule has 1 aliphatic rings. The minimum absolute atomic E-state index is 0.380. The molecule has 2 unspecified atom stereocenters. The minimum Gasteiger partial charge on any atom is -0.455 e. The maximum Gasteiger partial charge on any atom is 0.332 e. The third-order valence-electron chi connectivity index (χ3n) is 1.42. The van der Waals surface area contributed by atoms with E-state index < -0.39 is 25.0 Å². The first-order valence-corrected chi connectivity index (χ1v) is 3.34. The van der Waals surface area contributed by atoms with Crippen LogP contribution >= 0.6 is 0 Å². The Hall–Kier alpha value is -0.650. The van der Waals surface area contributed by atoms with E-state index in [1.54, 1.807) is 0 Å². The summed E-state index contributed by atoms with van der Waals surface area (Å²) in [4.78, 5) is 10.5. The zero-order valence-corrected chi connectivity index (χ0v) is 5.90. The van der Waals surface area contributed by atoms with Gasteiger partial charge in [-0.05, 0) is 0 Å². The average molecular weight is 162 g/mol. The lowest BCUT2D eigenvalue weighted by Gasteiger charge is -2.12. The fraction of sp³-hybridized carbons (Fsp3) is 0.833. The predicted molar refractivity (Wildman–Crippen MR) is 33.5 cm³/mol. The minimum atomic E-state index is -1.04. The summed E-state index contributed by atoms with van der Waals surface area (Å²) in [6.07, 6.45) is -1.17. The number of hydrogen-bond acceptors (Lipinski definition) is 5. The van der Waals surface area contributed by atoms with Crippen molar-refractivity contribution in [2.45, 2.75) is 18.8 Å². The van der Waals surface area contributed by atoms with E-state index in [0.29, 0.717) is 13.0 Å². The molecule has 0 aliphatic carbocycles. The van der Waals surface area contributed by atoms with Crippen LogP contribution in [-0.2, 0) is 14.3 Å². The fourth-order valence-electron chi connectivity index (χ4n) is 0.878. The molecule has 0 aromatic rings. The van der Waals surface area contributed by atoms with Crippen molar-refractivity contribution in [3.63, 3.8) is 0 Å². The Morgan fingerprint density at radius 2 is 2.45 bits per heavy atom. The first-order valence-electron chi connectivity index (χ1n) is 3.34. The van der Waals surface area contributed by atoms with Crippen LogP contribution in [0, 0.1) is 0 Å². The summed E-state index contributed by atoms with van der Waals surface area (Å²) < 4.78 is 9.32. The molecule has 11 heavy (non-hydrogen) atoms. The quantitative estimate of drug-likeness (QED) is 0.490. The number of aliphatic hydroxyl groups is 2. The lowest BCUT2D eigenvalue weighted by molar-refractivity contribution is -0.169. The van der Waals surface area contributed by atoms with E-state index >= 15 is 0 Å². The maximum atomic E-state index is 10.5. The third kappa shape index (κ3) is 2.14. The summed E-state index contributed by atoms with van der Waals surface area (Å²) in [6.45, 7) is -0.284. The molecule has 0 saturated carbocycles. The molecule has 5 heteroatoms. The van der Waals surface area contributed by atoms with Crippen molar-refractivity contribution in [2.24, 2.45) is 0 Å². The molecular formula is C6H10O5. The smallest absolute Gasteiger partial charge is 0.332 e. The highest BCUT2D eigenvalue weighted by molar-refractivity contribution is 5.70. The van der Waals surface area contributed by atoms with E-state index in [-0.39, 0.29) is 0 Å². The molecule has 1 fully saturated rings. The van der Waals surface area contributed by atoms with Crippen LogP contribution in [0.4, 0.5) is 0 Å². The van der Waals surface area contributed by atoms with Crippen molar-refractivity contribution >= 4 is 5.97 Å². The summed E-state index contributed by atoms with van der Waals surface area (Å²) in [5, 5.41) is 17.2. The number of carbonyl (C=O) groups excluding carboxylic acids is 1. The van der Waals surface area contributed by atoms with Crippen molar-refractivity contribution in [1.82, 2.24) is 0 Å². The molecule has 1 aliphatic heterocycles. The molecule has 2 atom stereocenters. The number of rotatable bonds is 2. The van der Waals surface area contributed by atoms with Crippen molar-refractivity contribution in [3.8, 4) is 0 Å². The Labute approximate surface area is 63.5 Å². The van der Waals surface area contributed by atoms with E-state index in [2.05, 4.69) is 4.74 Å². The van der Waals surface area contributed by atoms with Crippen LogP contribution in [0.3, 0.4) is 0 Å². The summed E-state index contributed by atoms with van der Waals surface area (Å²) in [5.41, 5.74) is 0. The molecule has 1 rings (SSSR count). The van der Waals surface area contributed by atoms with Gasteiger partial charge in [0.1, 0.15) is 6.61 Å². The second kappa shape index (κ2) is 3.66. The van der Waals surface area contributed by atoms with Crippen LogP contribution in [0.15, 0.2) is 0 Å². The fourth-order valence-corrected chi connectivity index (χ4v) is 0.878. The van der Waals surface area contributed by atoms with E-state index in [9.17, 15) is 4.79 Å². The van der Waals surface area contributed by atoms with Gasteiger partial charge >= 0.3 is 5.97 Å². The van der Waals surface area contributed by atoms with Crippen molar-refractivity contribution in [3.05, 3.63) is 0 Å². The molecule has 0 aromatic heterocycles. The first kappa shape index (κ1) is 8.45. The standard InChI is InChI=1S/C6H10O5/c7-3-5(8)11-4-1-2-10-6(4)9/h4,6-7,9H,1-3H2. The van der Waals surface area contributed by atoms with Gasteiger partial charge in [-0.15, -0.1) is 0 Å². The van der Waals surface area contributed by atoms with Crippen LogP contribution in [0.1, 0.15) is 6.42 Å². The second-order valence-electron chi connectivity index (χ2n) is 2.24. The molecule has 0 aromatic carbocycles. The summed E-state index contributed by atoms with van der Waals surface area (Å²) in [6, 6.07) is 0. The second-order valence-corrected chi connectivity index (χ2v) is 2.24. The summed E-state index contributed by atoms with van der Waals surface area (Å²) >= 11 is 0. The Balaban J connectivity index is 2.30.